The van der Waals surface area contributed by atoms with Crippen molar-refractivity contribution in [3.63, 3.8) is 0 Å². The third-order valence-electron chi connectivity index (χ3n) is 2.99. The van der Waals surface area contributed by atoms with Crippen LogP contribution in [0.15, 0.2) is 0 Å². The maximum atomic E-state index is 8.61. The summed E-state index contributed by atoms with van der Waals surface area (Å²) in [6.45, 7) is 5.04. The van der Waals surface area contributed by atoms with E-state index in [9.17, 15) is 0 Å². The molecule has 1 aliphatic carbocycles. The summed E-state index contributed by atoms with van der Waals surface area (Å²) in [6.07, 6.45) is 5.14. The topological polar surface area (TPSA) is 35.8 Å². The molecule has 0 radical (unpaired) electrons. The molecular weight excluding hydrogens is 148 g/mol. The van der Waals surface area contributed by atoms with Crippen molar-refractivity contribution in [1.29, 1.82) is 5.26 Å². The van der Waals surface area contributed by atoms with E-state index < -0.39 is 0 Å². The molecule has 68 valence electrons. The molecule has 0 heterocycles. The van der Waals surface area contributed by atoms with Crippen molar-refractivity contribution < 1.29 is 0 Å². The minimum atomic E-state index is 0.147. The molecule has 1 aliphatic rings. The number of nitrogens with zero attached hydrogens (tertiary/aromatic N) is 1. The fraction of sp³-hybridized carbons (Fsp3) is 0.900. The summed E-state index contributed by atoms with van der Waals surface area (Å²) < 4.78 is 0. The normalized spacial score (nSPS) is 22.4. The quantitative estimate of drug-likeness (QED) is 0.694. The monoisotopic (exact) mass is 166 g/mol. The molecule has 1 fully saturated rings. The zero-order chi connectivity index (χ0) is 9.03. The maximum absolute atomic E-state index is 8.61. The van der Waals surface area contributed by atoms with Crippen LogP contribution in [0.2, 0.25) is 0 Å². The highest BCUT2D eigenvalue weighted by Crippen LogP contribution is 2.34. The van der Waals surface area contributed by atoms with Crippen molar-refractivity contribution >= 4 is 0 Å². The Morgan fingerprint density at radius 3 is 2.58 bits per heavy atom. The lowest BCUT2D eigenvalue weighted by molar-refractivity contribution is 0.174. The van der Waals surface area contributed by atoms with Gasteiger partial charge in [0.05, 0.1) is 12.0 Å². The fourth-order valence-electron chi connectivity index (χ4n) is 1.67. The summed E-state index contributed by atoms with van der Waals surface area (Å²) in [5.74, 6) is 0.147. The van der Waals surface area contributed by atoms with Gasteiger partial charge < -0.3 is 5.32 Å². The summed E-state index contributed by atoms with van der Waals surface area (Å²) >= 11 is 0. The minimum absolute atomic E-state index is 0.147. The molecule has 2 nitrogen and oxygen atoms in total. The first kappa shape index (κ1) is 9.54. The van der Waals surface area contributed by atoms with E-state index in [1.807, 2.05) is 6.92 Å². The molecule has 1 atom stereocenters. The third-order valence-corrected chi connectivity index (χ3v) is 2.99. The second-order valence-electron chi connectivity index (χ2n) is 3.90. The van der Waals surface area contributed by atoms with E-state index in [2.05, 4.69) is 18.3 Å². The molecule has 1 N–H and O–H groups in total. The average Bonchev–Trinajstić information content (AvgIpc) is 2.03. The highest BCUT2D eigenvalue weighted by Gasteiger charge is 2.34. The molecule has 1 saturated carbocycles. The van der Waals surface area contributed by atoms with Crippen LogP contribution in [0.3, 0.4) is 0 Å². The number of nitrogens with one attached hydrogen (secondary N) is 1. The smallest absolute Gasteiger partial charge is 0.0666 e. The summed E-state index contributed by atoms with van der Waals surface area (Å²) in [5.41, 5.74) is 0.394. The van der Waals surface area contributed by atoms with Crippen LogP contribution in [0.5, 0.6) is 0 Å². The van der Waals surface area contributed by atoms with Crippen LogP contribution in [0.1, 0.15) is 39.5 Å². The summed E-state index contributed by atoms with van der Waals surface area (Å²) in [4.78, 5) is 0. The van der Waals surface area contributed by atoms with Gasteiger partial charge in [-0.25, -0.2) is 0 Å². The van der Waals surface area contributed by atoms with E-state index in [1.54, 1.807) is 0 Å². The predicted molar refractivity (Wildman–Crippen MR) is 49.7 cm³/mol. The van der Waals surface area contributed by atoms with Crippen molar-refractivity contribution in [1.82, 2.24) is 5.32 Å². The maximum Gasteiger partial charge on any atom is 0.0666 e. The Hall–Kier alpha value is -0.550. The van der Waals surface area contributed by atoms with Gasteiger partial charge in [-0.1, -0.05) is 6.92 Å². The number of rotatable bonds is 4. The Bertz CT molecular complexity index is 171. The standard InChI is InChI=1S/C10H18N2/c1-3-10(5-4-6-10)12-8-9(2)7-11/h9,12H,3-6,8H2,1-2H3. The van der Waals surface area contributed by atoms with Crippen molar-refractivity contribution in [2.45, 2.75) is 45.1 Å². The first-order valence-electron chi connectivity index (χ1n) is 4.87. The molecule has 0 aromatic rings. The van der Waals surface area contributed by atoms with Crippen molar-refractivity contribution in [2.24, 2.45) is 5.92 Å². The molecule has 2 heteroatoms. The zero-order valence-corrected chi connectivity index (χ0v) is 8.06. The van der Waals surface area contributed by atoms with Gasteiger partial charge in [0.2, 0.25) is 0 Å². The Balaban J connectivity index is 2.25. The minimum Gasteiger partial charge on any atom is -0.310 e. The summed E-state index contributed by atoms with van der Waals surface area (Å²) in [6, 6.07) is 2.25. The number of hydrogen-bond donors (Lipinski definition) is 1. The summed E-state index contributed by atoms with van der Waals surface area (Å²) in [7, 11) is 0. The lowest BCUT2D eigenvalue weighted by Gasteiger charge is -2.42. The molecule has 0 aliphatic heterocycles. The van der Waals surface area contributed by atoms with Gasteiger partial charge >= 0.3 is 0 Å². The van der Waals surface area contributed by atoms with E-state index in [1.165, 1.54) is 25.7 Å². The summed E-state index contributed by atoms with van der Waals surface area (Å²) in [5, 5.41) is 12.1. The van der Waals surface area contributed by atoms with Crippen LogP contribution in [0.25, 0.3) is 0 Å². The SMILES string of the molecule is CCC1(NCC(C)C#N)CCC1. The Morgan fingerprint density at radius 2 is 2.25 bits per heavy atom. The van der Waals surface area contributed by atoms with Gasteiger partial charge in [0.1, 0.15) is 0 Å². The van der Waals surface area contributed by atoms with Gasteiger partial charge in [0.15, 0.2) is 0 Å². The van der Waals surface area contributed by atoms with Crippen molar-refractivity contribution in [2.75, 3.05) is 6.54 Å². The molecule has 0 bridgehead atoms. The number of hydrogen-bond acceptors (Lipinski definition) is 2. The highest BCUT2D eigenvalue weighted by atomic mass is 15.0. The zero-order valence-electron chi connectivity index (χ0n) is 8.06. The van der Waals surface area contributed by atoms with Crippen LogP contribution in [-0.2, 0) is 0 Å². The second-order valence-corrected chi connectivity index (χ2v) is 3.90. The van der Waals surface area contributed by atoms with E-state index in [0.717, 1.165) is 6.54 Å². The predicted octanol–water partition coefficient (Wildman–Crippen LogP) is 2.07. The van der Waals surface area contributed by atoms with Crippen LogP contribution >= 0.6 is 0 Å². The Labute approximate surface area is 75.0 Å². The molecule has 0 aromatic carbocycles. The van der Waals surface area contributed by atoms with Gasteiger partial charge in [-0.15, -0.1) is 0 Å². The molecular formula is C10H18N2. The first-order valence-corrected chi connectivity index (χ1v) is 4.87. The second kappa shape index (κ2) is 3.91. The van der Waals surface area contributed by atoms with E-state index in [-0.39, 0.29) is 5.92 Å². The van der Waals surface area contributed by atoms with Crippen LogP contribution in [-0.4, -0.2) is 12.1 Å². The van der Waals surface area contributed by atoms with E-state index in [4.69, 9.17) is 5.26 Å². The lowest BCUT2D eigenvalue weighted by Crippen LogP contribution is -2.51. The Morgan fingerprint density at radius 1 is 1.58 bits per heavy atom. The lowest BCUT2D eigenvalue weighted by atomic mass is 9.74. The van der Waals surface area contributed by atoms with E-state index >= 15 is 0 Å². The fourth-order valence-corrected chi connectivity index (χ4v) is 1.67. The molecule has 12 heavy (non-hydrogen) atoms. The largest absolute Gasteiger partial charge is 0.310 e. The molecule has 0 saturated heterocycles. The molecule has 1 rings (SSSR count). The van der Waals surface area contributed by atoms with Crippen LogP contribution in [0, 0.1) is 17.2 Å². The molecule has 1 unspecified atom stereocenters. The average molecular weight is 166 g/mol. The Kier molecular flexibility index (Phi) is 3.11. The van der Waals surface area contributed by atoms with Crippen molar-refractivity contribution in [3.05, 3.63) is 0 Å². The highest BCUT2D eigenvalue weighted by molar-refractivity contribution is 4.96. The molecule has 0 spiro atoms. The van der Waals surface area contributed by atoms with Gasteiger partial charge in [-0.05, 0) is 32.6 Å². The van der Waals surface area contributed by atoms with Gasteiger partial charge in [-0.3, -0.25) is 0 Å². The van der Waals surface area contributed by atoms with E-state index in [0.29, 0.717) is 5.54 Å². The van der Waals surface area contributed by atoms with Crippen LogP contribution in [0.4, 0.5) is 0 Å². The van der Waals surface area contributed by atoms with Crippen molar-refractivity contribution in [3.8, 4) is 6.07 Å². The van der Waals surface area contributed by atoms with Crippen LogP contribution < -0.4 is 5.32 Å². The van der Waals surface area contributed by atoms with Gasteiger partial charge in [0, 0.05) is 12.1 Å². The van der Waals surface area contributed by atoms with Gasteiger partial charge in [-0.2, -0.15) is 5.26 Å². The molecule has 0 aromatic heterocycles. The third kappa shape index (κ3) is 1.98. The molecule has 0 amide bonds. The first-order chi connectivity index (χ1) is 5.72. The number of nitriles is 1. The van der Waals surface area contributed by atoms with Gasteiger partial charge in [0.25, 0.3) is 0 Å².